The van der Waals surface area contributed by atoms with Gasteiger partial charge in [0, 0.05) is 11.3 Å². The predicted molar refractivity (Wildman–Crippen MR) is 96.6 cm³/mol. The van der Waals surface area contributed by atoms with Crippen LogP contribution in [0.25, 0.3) is 10.8 Å². The van der Waals surface area contributed by atoms with Gasteiger partial charge in [-0.05, 0) is 18.4 Å². The molecule has 0 spiro atoms. The minimum absolute atomic E-state index is 0.249. The van der Waals surface area contributed by atoms with E-state index in [4.69, 9.17) is 14.9 Å². The molecule has 3 aromatic rings. The third kappa shape index (κ3) is 3.68. The van der Waals surface area contributed by atoms with E-state index in [-0.39, 0.29) is 6.61 Å². The first kappa shape index (κ1) is 17.5. The van der Waals surface area contributed by atoms with E-state index in [0.717, 1.165) is 16.2 Å². The first-order valence-electron chi connectivity index (χ1n) is 7.12. The fraction of sp³-hybridized carbons (Fsp3) is 0.200. The second-order valence-corrected chi connectivity index (χ2v) is 7.55. The molecule has 0 aliphatic heterocycles. The summed E-state index contributed by atoms with van der Waals surface area (Å²) in [7, 11) is 0. The number of hydrogen-bond acceptors (Lipinski definition) is 10. The van der Waals surface area contributed by atoms with E-state index < -0.39 is 5.97 Å². The van der Waals surface area contributed by atoms with Crippen LogP contribution >= 0.6 is 34.4 Å². The smallest absolute Gasteiger partial charge is 0.348 e. The number of carbonyl (C=O) groups excluding carboxylic acids is 1. The molecule has 0 aliphatic carbocycles. The van der Waals surface area contributed by atoms with E-state index in [1.165, 1.54) is 23.1 Å². The molecule has 0 radical (unpaired) electrons. The molecule has 3 rings (SSSR count). The van der Waals surface area contributed by atoms with Crippen molar-refractivity contribution in [1.82, 2.24) is 10.2 Å². The summed E-state index contributed by atoms with van der Waals surface area (Å²) in [5.41, 5.74) is 6.67. The second kappa shape index (κ2) is 7.69. The number of nitrogens with two attached hydrogens (primary N) is 1. The first-order chi connectivity index (χ1) is 12.1. The highest BCUT2D eigenvalue weighted by Gasteiger charge is 2.23. The molecule has 0 amide bonds. The number of carbonyl (C=O) groups is 1. The number of esters is 1. The minimum atomic E-state index is -0.485. The van der Waals surface area contributed by atoms with Crippen LogP contribution in [0.5, 0.6) is 0 Å². The number of anilines is 1. The van der Waals surface area contributed by atoms with Crippen LogP contribution in [0.2, 0.25) is 0 Å². The number of thiophene rings is 2. The average molecular weight is 392 g/mol. The number of ether oxygens (including phenoxy) is 1. The Morgan fingerprint density at radius 1 is 1.52 bits per heavy atom. The van der Waals surface area contributed by atoms with Gasteiger partial charge in [-0.3, -0.25) is 0 Å². The molecule has 0 aliphatic rings. The fourth-order valence-electron chi connectivity index (χ4n) is 2.01. The van der Waals surface area contributed by atoms with Crippen molar-refractivity contribution >= 4 is 45.4 Å². The molecule has 10 heteroatoms. The summed E-state index contributed by atoms with van der Waals surface area (Å²) in [4.78, 5) is 13.3. The molecule has 0 atom stereocenters. The van der Waals surface area contributed by atoms with Crippen molar-refractivity contribution in [2.75, 3.05) is 12.3 Å². The van der Waals surface area contributed by atoms with Crippen LogP contribution in [-0.2, 0) is 10.5 Å². The monoisotopic (exact) mass is 392 g/mol. The molecule has 128 valence electrons. The Kier molecular flexibility index (Phi) is 5.37. The van der Waals surface area contributed by atoms with Gasteiger partial charge in [-0.25, -0.2) is 4.79 Å². The van der Waals surface area contributed by atoms with Crippen LogP contribution in [0, 0.1) is 11.3 Å². The van der Waals surface area contributed by atoms with E-state index >= 15 is 0 Å². The number of nitriles is 1. The molecule has 0 saturated carbocycles. The SMILES string of the molecule is CCOC(=O)c1sc(N)c(C#N)c1CSc1nnc(-c2cccs2)o1. The summed E-state index contributed by atoms with van der Waals surface area (Å²) in [6.07, 6.45) is 0. The van der Waals surface area contributed by atoms with Crippen LogP contribution in [-0.4, -0.2) is 22.8 Å². The van der Waals surface area contributed by atoms with Crippen molar-refractivity contribution in [3.8, 4) is 16.8 Å². The van der Waals surface area contributed by atoms with Crippen LogP contribution in [0.4, 0.5) is 5.00 Å². The third-order valence-corrected chi connectivity index (χ3v) is 5.83. The minimum Gasteiger partial charge on any atom is -0.462 e. The number of aromatic nitrogens is 2. The standard InChI is InChI=1S/C15H12N4O3S3/c1-2-21-14(20)11-9(8(6-16)12(17)25-11)7-24-15-19-18-13(22-15)10-4-3-5-23-10/h3-5H,2,7,17H2,1H3. The molecule has 25 heavy (non-hydrogen) atoms. The van der Waals surface area contributed by atoms with Crippen LogP contribution in [0.15, 0.2) is 27.2 Å². The maximum absolute atomic E-state index is 12.1. The zero-order valence-corrected chi connectivity index (χ0v) is 15.5. The lowest BCUT2D eigenvalue weighted by Gasteiger charge is -2.02. The zero-order chi connectivity index (χ0) is 17.8. The summed E-state index contributed by atoms with van der Waals surface area (Å²) in [6.45, 7) is 1.97. The van der Waals surface area contributed by atoms with Crippen molar-refractivity contribution in [2.45, 2.75) is 17.9 Å². The second-order valence-electron chi connectivity index (χ2n) is 4.62. The Bertz CT molecular complexity index is 925. The molecule has 0 fully saturated rings. The van der Waals surface area contributed by atoms with Crippen molar-refractivity contribution in [2.24, 2.45) is 0 Å². The van der Waals surface area contributed by atoms with Crippen molar-refractivity contribution in [3.05, 3.63) is 33.5 Å². The van der Waals surface area contributed by atoms with E-state index in [0.29, 0.717) is 37.9 Å². The van der Waals surface area contributed by atoms with E-state index in [9.17, 15) is 10.1 Å². The van der Waals surface area contributed by atoms with Gasteiger partial charge in [0.15, 0.2) is 0 Å². The van der Waals surface area contributed by atoms with Crippen LogP contribution in [0.1, 0.15) is 27.7 Å². The lowest BCUT2D eigenvalue weighted by molar-refractivity contribution is 0.0531. The number of nitrogens with zero attached hydrogens (tertiary/aromatic N) is 3. The zero-order valence-electron chi connectivity index (χ0n) is 13.0. The van der Waals surface area contributed by atoms with Gasteiger partial charge in [0.25, 0.3) is 11.1 Å². The largest absolute Gasteiger partial charge is 0.462 e. The third-order valence-electron chi connectivity index (χ3n) is 3.09. The van der Waals surface area contributed by atoms with Gasteiger partial charge in [-0.2, -0.15) is 5.26 Å². The maximum atomic E-state index is 12.1. The molecule has 0 saturated heterocycles. The highest BCUT2D eigenvalue weighted by Crippen LogP contribution is 2.36. The lowest BCUT2D eigenvalue weighted by atomic mass is 10.2. The Labute approximate surface area is 155 Å². The van der Waals surface area contributed by atoms with E-state index in [1.54, 1.807) is 6.92 Å². The molecule has 0 bridgehead atoms. The Balaban J connectivity index is 1.81. The summed E-state index contributed by atoms with van der Waals surface area (Å²) >= 11 is 3.80. The topological polar surface area (TPSA) is 115 Å². The molecule has 0 aromatic carbocycles. The number of hydrogen-bond donors (Lipinski definition) is 1. The molecule has 0 unspecified atom stereocenters. The maximum Gasteiger partial charge on any atom is 0.348 e. The quantitative estimate of drug-likeness (QED) is 0.498. The summed E-state index contributed by atoms with van der Waals surface area (Å²) in [5, 5.41) is 19.9. The van der Waals surface area contributed by atoms with Gasteiger partial charge in [0.1, 0.15) is 15.9 Å². The summed E-state index contributed by atoms with van der Waals surface area (Å²) < 4.78 is 10.6. The highest BCUT2D eigenvalue weighted by molar-refractivity contribution is 7.98. The molecular weight excluding hydrogens is 380 g/mol. The van der Waals surface area contributed by atoms with Gasteiger partial charge >= 0.3 is 5.97 Å². The molecule has 7 nitrogen and oxygen atoms in total. The normalized spacial score (nSPS) is 10.6. The Morgan fingerprint density at radius 3 is 3.04 bits per heavy atom. The molecule has 3 heterocycles. The predicted octanol–water partition coefficient (Wildman–Crippen LogP) is 3.78. The lowest BCUT2D eigenvalue weighted by Crippen LogP contribution is -2.05. The van der Waals surface area contributed by atoms with Crippen LogP contribution < -0.4 is 5.73 Å². The van der Waals surface area contributed by atoms with Gasteiger partial charge in [0.2, 0.25) is 0 Å². The summed E-state index contributed by atoms with van der Waals surface area (Å²) in [5.74, 6) is 0.256. The van der Waals surface area contributed by atoms with Gasteiger partial charge < -0.3 is 14.9 Å². The highest BCUT2D eigenvalue weighted by atomic mass is 32.2. The van der Waals surface area contributed by atoms with Crippen LogP contribution in [0.3, 0.4) is 0 Å². The van der Waals surface area contributed by atoms with Gasteiger partial charge in [-0.15, -0.1) is 32.9 Å². The average Bonchev–Trinajstić information content (AvgIpc) is 3.32. The number of thioether (sulfide) groups is 1. The van der Waals surface area contributed by atoms with Gasteiger partial charge in [0.05, 0.1) is 17.0 Å². The summed E-state index contributed by atoms with van der Waals surface area (Å²) in [6, 6.07) is 5.83. The Morgan fingerprint density at radius 2 is 2.36 bits per heavy atom. The van der Waals surface area contributed by atoms with Crippen molar-refractivity contribution < 1.29 is 13.9 Å². The fourth-order valence-corrected chi connectivity index (χ4v) is 4.47. The number of rotatable bonds is 6. The van der Waals surface area contributed by atoms with E-state index in [1.807, 2.05) is 23.6 Å². The molecule has 3 aromatic heterocycles. The first-order valence-corrected chi connectivity index (χ1v) is 9.80. The molecule has 2 N–H and O–H groups in total. The van der Waals surface area contributed by atoms with E-state index in [2.05, 4.69) is 10.2 Å². The van der Waals surface area contributed by atoms with Crippen molar-refractivity contribution in [1.29, 1.82) is 5.26 Å². The van der Waals surface area contributed by atoms with Crippen molar-refractivity contribution in [3.63, 3.8) is 0 Å². The number of nitrogen functional groups attached to an aromatic ring is 1. The Hall–Kier alpha value is -2.35. The molecular formula is C15H12N4O3S3. The van der Waals surface area contributed by atoms with Gasteiger partial charge in [-0.1, -0.05) is 17.8 Å².